The molecule has 3 rings (SSSR count). The molecule has 1 amide bonds. The standard InChI is InChI=1S/C21H29N3O2/c1-4-5-7-17-9-10-18(14-20(17)26-3)21(25)24-16(2)8-11-19(24)15-23-13-6-12-22-23/h6,9-10,12-14,16,19H,4-5,7-8,11,15H2,1-3H3. The van der Waals surface area contributed by atoms with Gasteiger partial charge in [-0.15, -0.1) is 0 Å². The largest absolute Gasteiger partial charge is 0.496 e. The van der Waals surface area contributed by atoms with Crippen molar-refractivity contribution in [2.45, 2.75) is 64.6 Å². The van der Waals surface area contributed by atoms with Gasteiger partial charge in [-0.2, -0.15) is 5.10 Å². The van der Waals surface area contributed by atoms with E-state index in [0.717, 1.165) is 44.4 Å². The van der Waals surface area contributed by atoms with Crippen LogP contribution in [-0.2, 0) is 13.0 Å². The Kier molecular flexibility index (Phi) is 5.96. The highest BCUT2D eigenvalue weighted by Gasteiger charge is 2.35. The minimum absolute atomic E-state index is 0.0903. The number of benzene rings is 1. The summed E-state index contributed by atoms with van der Waals surface area (Å²) in [7, 11) is 1.68. The summed E-state index contributed by atoms with van der Waals surface area (Å²) in [6, 6.07) is 8.25. The number of nitrogens with zero attached hydrogens (tertiary/aromatic N) is 3. The average molecular weight is 355 g/mol. The predicted octanol–water partition coefficient (Wildman–Crippen LogP) is 3.93. The second-order valence-electron chi connectivity index (χ2n) is 7.15. The lowest BCUT2D eigenvalue weighted by Crippen LogP contribution is -2.42. The molecule has 2 unspecified atom stereocenters. The molecule has 0 saturated carbocycles. The lowest BCUT2D eigenvalue weighted by molar-refractivity contribution is 0.0661. The quantitative estimate of drug-likeness (QED) is 0.756. The van der Waals surface area contributed by atoms with Crippen LogP contribution in [0.4, 0.5) is 0 Å². The van der Waals surface area contributed by atoms with Gasteiger partial charge in [0.25, 0.3) is 5.91 Å². The number of rotatable bonds is 7. The average Bonchev–Trinajstić information content (AvgIpc) is 3.29. The molecule has 5 nitrogen and oxygen atoms in total. The van der Waals surface area contributed by atoms with Crippen molar-refractivity contribution in [3.05, 3.63) is 47.8 Å². The number of likely N-dealkylation sites (tertiary alicyclic amines) is 1. The molecular formula is C21H29N3O2. The molecule has 1 saturated heterocycles. The van der Waals surface area contributed by atoms with E-state index in [0.29, 0.717) is 5.56 Å². The smallest absolute Gasteiger partial charge is 0.254 e. The molecule has 26 heavy (non-hydrogen) atoms. The maximum Gasteiger partial charge on any atom is 0.254 e. The number of carbonyl (C=O) groups is 1. The first-order chi connectivity index (χ1) is 12.6. The van der Waals surface area contributed by atoms with E-state index in [2.05, 4.69) is 18.9 Å². The molecule has 0 radical (unpaired) electrons. The summed E-state index contributed by atoms with van der Waals surface area (Å²) in [6.07, 6.45) is 9.03. The molecule has 0 N–H and O–H groups in total. The number of methoxy groups -OCH3 is 1. The SMILES string of the molecule is CCCCc1ccc(C(=O)N2C(C)CCC2Cn2cccn2)cc1OC. The van der Waals surface area contributed by atoms with Crippen molar-refractivity contribution in [2.75, 3.05) is 7.11 Å². The van der Waals surface area contributed by atoms with Gasteiger partial charge in [0.2, 0.25) is 0 Å². The summed E-state index contributed by atoms with van der Waals surface area (Å²) in [5, 5.41) is 4.30. The van der Waals surface area contributed by atoms with Crippen molar-refractivity contribution < 1.29 is 9.53 Å². The number of carbonyl (C=O) groups excluding carboxylic acids is 1. The minimum atomic E-state index is 0.0903. The molecule has 1 aromatic carbocycles. The monoisotopic (exact) mass is 355 g/mol. The Morgan fingerprint density at radius 3 is 2.88 bits per heavy atom. The molecule has 0 spiro atoms. The van der Waals surface area contributed by atoms with Crippen molar-refractivity contribution >= 4 is 5.91 Å². The molecule has 1 fully saturated rings. The molecule has 0 bridgehead atoms. The molecule has 1 aliphatic heterocycles. The molecule has 5 heteroatoms. The van der Waals surface area contributed by atoms with E-state index < -0.39 is 0 Å². The van der Waals surface area contributed by atoms with Crippen LogP contribution in [0.2, 0.25) is 0 Å². The van der Waals surface area contributed by atoms with Crippen LogP contribution in [0.15, 0.2) is 36.7 Å². The predicted molar refractivity (Wildman–Crippen MR) is 102 cm³/mol. The molecular weight excluding hydrogens is 326 g/mol. The highest BCUT2D eigenvalue weighted by Crippen LogP contribution is 2.29. The summed E-state index contributed by atoms with van der Waals surface area (Å²) in [6.45, 7) is 5.06. The van der Waals surface area contributed by atoms with Crippen LogP contribution in [0.3, 0.4) is 0 Å². The first-order valence-corrected chi connectivity index (χ1v) is 9.61. The fourth-order valence-corrected chi connectivity index (χ4v) is 3.84. The second-order valence-corrected chi connectivity index (χ2v) is 7.15. The number of aromatic nitrogens is 2. The van der Waals surface area contributed by atoms with Crippen molar-refractivity contribution in [3.63, 3.8) is 0 Å². The first-order valence-electron chi connectivity index (χ1n) is 9.61. The van der Waals surface area contributed by atoms with Gasteiger partial charge in [0, 0.05) is 24.0 Å². The third kappa shape index (κ3) is 3.92. The van der Waals surface area contributed by atoms with E-state index in [-0.39, 0.29) is 18.0 Å². The van der Waals surface area contributed by atoms with Crippen LogP contribution in [0.25, 0.3) is 0 Å². The van der Waals surface area contributed by atoms with Crippen molar-refractivity contribution in [2.24, 2.45) is 0 Å². The van der Waals surface area contributed by atoms with Gasteiger partial charge in [0.05, 0.1) is 19.7 Å². The van der Waals surface area contributed by atoms with E-state index in [1.54, 1.807) is 13.3 Å². The van der Waals surface area contributed by atoms with Crippen LogP contribution < -0.4 is 4.74 Å². The van der Waals surface area contributed by atoms with Crippen LogP contribution >= 0.6 is 0 Å². The molecule has 2 aromatic rings. The lowest BCUT2D eigenvalue weighted by atomic mass is 10.0. The molecule has 1 aromatic heterocycles. The van der Waals surface area contributed by atoms with E-state index >= 15 is 0 Å². The Hall–Kier alpha value is -2.30. The van der Waals surface area contributed by atoms with Crippen LogP contribution in [0.5, 0.6) is 5.75 Å². The highest BCUT2D eigenvalue weighted by atomic mass is 16.5. The maximum absolute atomic E-state index is 13.2. The topological polar surface area (TPSA) is 47.4 Å². The van der Waals surface area contributed by atoms with Gasteiger partial charge >= 0.3 is 0 Å². The van der Waals surface area contributed by atoms with E-state index in [9.17, 15) is 4.79 Å². The van der Waals surface area contributed by atoms with Crippen molar-refractivity contribution in [3.8, 4) is 5.75 Å². The fourth-order valence-electron chi connectivity index (χ4n) is 3.84. The summed E-state index contributed by atoms with van der Waals surface area (Å²) in [5.41, 5.74) is 1.88. The van der Waals surface area contributed by atoms with Crippen LogP contribution in [-0.4, -0.2) is 39.8 Å². The number of amides is 1. The third-order valence-electron chi connectivity index (χ3n) is 5.31. The van der Waals surface area contributed by atoms with E-state index in [1.165, 1.54) is 5.56 Å². The second kappa shape index (κ2) is 8.39. The Bertz CT molecular complexity index is 727. The Labute approximate surface area is 156 Å². The number of aryl methyl sites for hydroxylation is 1. The highest BCUT2D eigenvalue weighted by molar-refractivity contribution is 5.95. The first kappa shape index (κ1) is 18.5. The van der Waals surface area contributed by atoms with E-state index in [1.807, 2.05) is 40.0 Å². The zero-order chi connectivity index (χ0) is 18.5. The maximum atomic E-state index is 13.2. The number of hydrogen-bond acceptors (Lipinski definition) is 3. The Morgan fingerprint density at radius 1 is 1.35 bits per heavy atom. The third-order valence-corrected chi connectivity index (χ3v) is 5.31. The van der Waals surface area contributed by atoms with Crippen LogP contribution in [0, 0.1) is 0 Å². The van der Waals surface area contributed by atoms with Gasteiger partial charge in [0.1, 0.15) is 5.75 Å². The normalized spacial score (nSPS) is 19.7. The molecule has 140 valence electrons. The zero-order valence-electron chi connectivity index (χ0n) is 16.0. The molecule has 2 heterocycles. The van der Waals surface area contributed by atoms with Gasteiger partial charge in [-0.25, -0.2) is 0 Å². The van der Waals surface area contributed by atoms with Gasteiger partial charge in [-0.1, -0.05) is 19.4 Å². The van der Waals surface area contributed by atoms with Gasteiger partial charge in [-0.05, 0) is 56.4 Å². The van der Waals surface area contributed by atoms with Crippen molar-refractivity contribution in [1.29, 1.82) is 0 Å². The fraction of sp³-hybridized carbons (Fsp3) is 0.524. The zero-order valence-corrected chi connectivity index (χ0v) is 16.0. The summed E-state index contributed by atoms with van der Waals surface area (Å²) in [5.74, 6) is 0.910. The number of hydrogen-bond donors (Lipinski definition) is 0. The molecule has 0 aliphatic carbocycles. The van der Waals surface area contributed by atoms with E-state index in [4.69, 9.17) is 4.74 Å². The summed E-state index contributed by atoms with van der Waals surface area (Å²) in [4.78, 5) is 15.3. The number of ether oxygens (including phenoxy) is 1. The lowest BCUT2D eigenvalue weighted by Gasteiger charge is -2.29. The summed E-state index contributed by atoms with van der Waals surface area (Å²) >= 11 is 0. The number of unbranched alkanes of at least 4 members (excludes halogenated alkanes) is 1. The Balaban J connectivity index is 1.79. The molecule has 2 atom stereocenters. The Morgan fingerprint density at radius 2 is 2.19 bits per heavy atom. The molecule has 1 aliphatic rings. The van der Waals surface area contributed by atoms with Gasteiger partial charge < -0.3 is 9.64 Å². The minimum Gasteiger partial charge on any atom is -0.496 e. The van der Waals surface area contributed by atoms with Gasteiger partial charge in [0.15, 0.2) is 0 Å². The van der Waals surface area contributed by atoms with Crippen molar-refractivity contribution in [1.82, 2.24) is 14.7 Å². The van der Waals surface area contributed by atoms with Crippen LogP contribution in [0.1, 0.15) is 55.5 Å². The van der Waals surface area contributed by atoms with Gasteiger partial charge in [-0.3, -0.25) is 9.48 Å². The summed E-state index contributed by atoms with van der Waals surface area (Å²) < 4.78 is 7.46.